The van der Waals surface area contributed by atoms with Crippen molar-refractivity contribution in [1.29, 1.82) is 0 Å². The molecule has 2 N–H and O–H groups in total. The highest BCUT2D eigenvalue weighted by Crippen LogP contribution is 2.26. The molecule has 0 radical (unpaired) electrons. The van der Waals surface area contributed by atoms with Crippen LogP contribution in [0, 0.1) is 6.92 Å². The third-order valence-electron chi connectivity index (χ3n) is 3.73. The zero-order chi connectivity index (χ0) is 18.1. The number of hydrogen-bond donors (Lipinski definition) is 1. The van der Waals surface area contributed by atoms with Crippen LogP contribution in [0.5, 0.6) is 0 Å². The molecule has 24 heavy (non-hydrogen) atoms. The van der Waals surface area contributed by atoms with Crippen molar-refractivity contribution in [3.63, 3.8) is 0 Å². The first-order valence-corrected chi connectivity index (χ1v) is 9.29. The van der Waals surface area contributed by atoms with Gasteiger partial charge in [0.2, 0.25) is 10.0 Å². The van der Waals surface area contributed by atoms with Gasteiger partial charge in [0, 0.05) is 26.2 Å². The lowest BCUT2D eigenvalue weighted by molar-refractivity contribution is 0.0192. The molecule has 1 aliphatic heterocycles. The third-order valence-corrected chi connectivity index (χ3v) is 5.85. The van der Waals surface area contributed by atoms with E-state index in [1.54, 1.807) is 45.9 Å². The lowest BCUT2D eigenvalue weighted by Gasteiger charge is -2.35. The van der Waals surface area contributed by atoms with E-state index < -0.39 is 21.7 Å². The number of aryl methyl sites for hydroxylation is 1. The second kappa shape index (κ2) is 6.60. The molecule has 8 heteroatoms. The molecule has 0 aromatic heterocycles. The van der Waals surface area contributed by atoms with Crippen LogP contribution in [0.4, 0.5) is 10.5 Å². The number of nitrogen functional groups attached to an aromatic ring is 1. The average molecular weight is 355 g/mol. The molecule has 1 aromatic carbocycles. The number of piperazine rings is 1. The first-order chi connectivity index (χ1) is 11.0. The Balaban J connectivity index is 2.10. The molecule has 2 rings (SSSR count). The molecule has 0 aliphatic carbocycles. The van der Waals surface area contributed by atoms with Gasteiger partial charge >= 0.3 is 6.09 Å². The van der Waals surface area contributed by atoms with Crippen molar-refractivity contribution in [1.82, 2.24) is 9.21 Å². The van der Waals surface area contributed by atoms with Gasteiger partial charge in [-0.05, 0) is 39.3 Å². The van der Waals surface area contributed by atoms with Crippen LogP contribution < -0.4 is 5.73 Å². The molecule has 7 nitrogen and oxygen atoms in total. The Bertz CT molecular complexity index is 697. The van der Waals surface area contributed by atoms with Gasteiger partial charge < -0.3 is 15.4 Å². The van der Waals surface area contributed by atoms with Crippen LogP contribution in [0.2, 0.25) is 0 Å². The minimum absolute atomic E-state index is 0.149. The van der Waals surface area contributed by atoms with Crippen LogP contribution in [-0.4, -0.2) is 55.5 Å². The maximum atomic E-state index is 12.8. The monoisotopic (exact) mass is 355 g/mol. The van der Waals surface area contributed by atoms with E-state index in [4.69, 9.17) is 10.5 Å². The highest BCUT2D eigenvalue weighted by atomic mass is 32.2. The van der Waals surface area contributed by atoms with Gasteiger partial charge in [-0.2, -0.15) is 4.31 Å². The predicted molar refractivity (Wildman–Crippen MR) is 92.2 cm³/mol. The predicted octanol–water partition coefficient (Wildman–Crippen LogP) is 1.82. The van der Waals surface area contributed by atoms with Gasteiger partial charge in [-0.3, -0.25) is 0 Å². The van der Waals surface area contributed by atoms with E-state index >= 15 is 0 Å². The minimum atomic E-state index is -3.68. The third kappa shape index (κ3) is 3.99. The lowest BCUT2D eigenvalue weighted by Crippen LogP contribution is -2.51. The summed E-state index contributed by atoms with van der Waals surface area (Å²) in [6.45, 7) is 8.14. The number of hydrogen-bond acceptors (Lipinski definition) is 5. The van der Waals surface area contributed by atoms with E-state index in [2.05, 4.69) is 0 Å². The van der Waals surface area contributed by atoms with Gasteiger partial charge in [0.15, 0.2) is 0 Å². The molecule has 1 heterocycles. The summed E-state index contributed by atoms with van der Waals surface area (Å²) in [7, 11) is -3.68. The molecule has 1 saturated heterocycles. The van der Waals surface area contributed by atoms with Crippen molar-refractivity contribution in [3.8, 4) is 0 Å². The Morgan fingerprint density at radius 2 is 1.75 bits per heavy atom. The normalized spacial score (nSPS) is 16.9. The first-order valence-electron chi connectivity index (χ1n) is 7.85. The molecule has 134 valence electrons. The molecule has 1 aromatic rings. The molecular formula is C16H25N3O4S. The van der Waals surface area contributed by atoms with Crippen LogP contribution in [0.15, 0.2) is 23.1 Å². The molecule has 1 aliphatic rings. The summed E-state index contributed by atoms with van der Waals surface area (Å²) in [6, 6.07) is 5.03. The Hall–Kier alpha value is -1.80. The molecule has 1 amide bonds. The van der Waals surface area contributed by atoms with E-state index in [1.807, 2.05) is 0 Å². The Morgan fingerprint density at radius 1 is 1.17 bits per heavy atom. The van der Waals surface area contributed by atoms with Crippen LogP contribution >= 0.6 is 0 Å². The fraction of sp³-hybridized carbons (Fsp3) is 0.562. The summed E-state index contributed by atoms with van der Waals surface area (Å²) in [6.07, 6.45) is -0.421. The number of ether oxygens (including phenoxy) is 1. The number of amides is 1. The number of carbonyl (C=O) groups is 1. The van der Waals surface area contributed by atoms with Crippen molar-refractivity contribution in [2.75, 3.05) is 31.9 Å². The van der Waals surface area contributed by atoms with Crippen molar-refractivity contribution in [2.24, 2.45) is 0 Å². The van der Waals surface area contributed by atoms with Crippen molar-refractivity contribution < 1.29 is 17.9 Å². The number of rotatable bonds is 2. The number of nitrogens with two attached hydrogens (primary N) is 1. The molecule has 0 unspecified atom stereocenters. The van der Waals surface area contributed by atoms with Crippen molar-refractivity contribution in [2.45, 2.75) is 38.2 Å². The van der Waals surface area contributed by atoms with Crippen LogP contribution in [0.25, 0.3) is 0 Å². The number of sulfonamides is 1. The summed E-state index contributed by atoms with van der Waals surface area (Å²) >= 11 is 0. The summed E-state index contributed by atoms with van der Waals surface area (Å²) in [5, 5.41) is 0. The second-order valence-electron chi connectivity index (χ2n) is 6.86. The zero-order valence-electron chi connectivity index (χ0n) is 14.6. The van der Waals surface area contributed by atoms with E-state index in [9.17, 15) is 13.2 Å². The molecular weight excluding hydrogens is 330 g/mol. The molecule has 1 fully saturated rings. The van der Waals surface area contributed by atoms with Gasteiger partial charge in [-0.25, -0.2) is 13.2 Å². The SMILES string of the molecule is Cc1cccc(N)c1S(=O)(=O)N1CCN(C(=O)OC(C)(C)C)CC1. The second-order valence-corrected chi connectivity index (χ2v) is 8.74. The Morgan fingerprint density at radius 3 is 2.25 bits per heavy atom. The number of anilines is 1. The van der Waals surface area contributed by atoms with E-state index in [0.717, 1.165) is 0 Å². The number of nitrogens with zero attached hydrogens (tertiary/aromatic N) is 2. The molecule has 0 spiro atoms. The van der Waals surface area contributed by atoms with Gasteiger partial charge in [-0.1, -0.05) is 12.1 Å². The van der Waals surface area contributed by atoms with Crippen LogP contribution in [-0.2, 0) is 14.8 Å². The van der Waals surface area contributed by atoms with E-state index in [-0.39, 0.29) is 23.7 Å². The Kier molecular flexibility index (Phi) is 5.10. The van der Waals surface area contributed by atoms with Gasteiger partial charge in [0.1, 0.15) is 10.5 Å². The number of benzene rings is 1. The average Bonchev–Trinajstić information content (AvgIpc) is 2.45. The summed E-state index contributed by atoms with van der Waals surface area (Å²) in [5.74, 6) is 0. The maximum Gasteiger partial charge on any atom is 0.410 e. The molecule has 0 bridgehead atoms. The lowest BCUT2D eigenvalue weighted by atomic mass is 10.2. The summed E-state index contributed by atoms with van der Waals surface area (Å²) < 4.78 is 32.4. The zero-order valence-corrected chi connectivity index (χ0v) is 15.4. The standard InChI is InChI=1S/C16H25N3O4S/c1-12-6-5-7-13(17)14(12)24(21,22)19-10-8-18(9-11-19)15(20)23-16(2,3)4/h5-7H,8-11,17H2,1-4H3. The summed E-state index contributed by atoms with van der Waals surface area (Å²) in [4.78, 5) is 13.7. The quantitative estimate of drug-likeness (QED) is 0.817. The van der Waals surface area contributed by atoms with E-state index in [1.165, 1.54) is 9.21 Å². The largest absolute Gasteiger partial charge is 0.444 e. The first kappa shape index (κ1) is 18.5. The highest BCUT2D eigenvalue weighted by molar-refractivity contribution is 7.89. The topological polar surface area (TPSA) is 92.9 Å². The molecule has 0 saturated carbocycles. The Labute approximate surface area is 143 Å². The molecule has 0 atom stereocenters. The fourth-order valence-electron chi connectivity index (χ4n) is 2.59. The van der Waals surface area contributed by atoms with Gasteiger partial charge in [-0.15, -0.1) is 0 Å². The smallest absolute Gasteiger partial charge is 0.410 e. The summed E-state index contributed by atoms with van der Waals surface area (Å²) in [5.41, 5.74) is 6.15. The van der Waals surface area contributed by atoms with Crippen molar-refractivity contribution in [3.05, 3.63) is 23.8 Å². The van der Waals surface area contributed by atoms with Crippen molar-refractivity contribution >= 4 is 21.8 Å². The highest BCUT2D eigenvalue weighted by Gasteiger charge is 2.33. The van der Waals surface area contributed by atoms with Gasteiger partial charge in [0.25, 0.3) is 0 Å². The number of carbonyl (C=O) groups excluding carboxylic acids is 1. The minimum Gasteiger partial charge on any atom is -0.444 e. The fourth-order valence-corrected chi connectivity index (χ4v) is 4.34. The van der Waals surface area contributed by atoms with E-state index in [0.29, 0.717) is 18.7 Å². The maximum absolute atomic E-state index is 12.8. The van der Waals surface area contributed by atoms with Crippen LogP contribution in [0.3, 0.4) is 0 Å². The van der Waals surface area contributed by atoms with Gasteiger partial charge in [0.05, 0.1) is 5.69 Å². The van der Waals surface area contributed by atoms with Crippen LogP contribution in [0.1, 0.15) is 26.3 Å².